The van der Waals surface area contributed by atoms with Gasteiger partial charge in [-0.1, -0.05) is 24.6 Å². The fourth-order valence-corrected chi connectivity index (χ4v) is 6.98. The van der Waals surface area contributed by atoms with Gasteiger partial charge >= 0.3 is 0 Å². The molecule has 3 atom stereocenters. The number of hydrogen-bond acceptors (Lipinski definition) is 10. The first kappa shape index (κ1) is 29.5. The van der Waals surface area contributed by atoms with Gasteiger partial charge in [0.25, 0.3) is 5.91 Å². The van der Waals surface area contributed by atoms with Crippen LogP contribution in [-0.4, -0.2) is 100.0 Å². The zero-order valence-electron chi connectivity index (χ0n) is 23.5. The maximum absolute atomic E-state index is 12.3. The molecule has 1 aromatic heterocycles. The van der Waals surface area contributed by atoms with E-state index >= 15 is 0 Å². The number of hydrogen-bond donors (Lipinski definition) is 4. The Morgan fingerprint density at radius 2 is 2.00 bits per heavy atom. The van der Waals surface area contributed by atoms with E-state index in [0.717, 1.165) is 70.4 Å². The summed E-state index contributed by atoms with van der Waals surface area (Å²) in [6, 6.07) is 8.85. The number of nitrogens with one attached hydrogen (secondary N) is 1. The van der Waals surface area contributed by atoms with Crippen molar-refractivity contribution in [1.82, 2.24) is 25.1 Å². The first-order valence-electron chi connectivity index (χ1n) is 14.5. The van der Waals surface area contributed by atoms with E-state index in [9.17, 15) is 15.2 Å². The fraction of sp³-hybridized carbons (Fsp3) is 0.586. The molecule has 11 nitrogen and oxygen atoms in total. The van der Waals surface area contributed by atoms with Gasteiger partial charge < -0.3 is 26.2 Å². The maximum atomic E-state index is 12.3. The first-order valence-corrected chi connectivity index (χ1v) is 14.9. The van der Waals surface area contributed by atoms with Crippen molar-refractivity contribution in [2.24, 2.45) is 0 Å². The summed E-state index contributed by atoms with van der Waals surface area (Å²) < 4.78 is 0. The molecule has 0 saturated carbocycles. The maximum Gasteiger partial charge on any atom is 0.273 e. The average molecular weight is 583 g/mol. The molecule has 41 heavy (non-hydrogen) atoms. The summed E-state index contributed by atoms with van der Waals surface area (Å²) in [6.45, 7) is 6.23. The summed E-state index contributed by atoms with van der Waals surface area (Å²) in [5.74, 6) is -0.0189. The van der Waals surface area contributed by atoms with Gasteiger partial charge in [0.15, 0.2) is 22.5 Å². The predicted octanol–water partition coefficient (Wildman–Crippen LogP) is 1.72. The van der Waals surface area contributed by atoms with Crippen LogP contribution >= 0.6 is 11.6 Å². The quantitative estimate of drug-likeness (QED) is 0.379. The highest BCUT2D eigenvalue weighted by molar-refractivity contribution is 6.32. The summed E-state index contributed by atoms with van der Waals surface area (Å²) in [7, 11) is 0. The van der Waals surface area contributed by atoms with E-state index in [4.69, 9.17) is 22.4 Å². The largest absolute Gasteiger partial charge is 0.395 e. The number of nitrogen functional groups attached to an aromatic ring is 1. The van der Waals surface area contributed by atoms with Gasteiger partial charge in [-0.15, -0.1) is 0 Å². The molecule has 220 valence electrons. The molecule has 5 rings (SSSR count). The van der Waals surface area contributed by atoms with Gasteiger partial charge in [-0.25, -0.2) is 9.97 Å². The highest BCUT2D eigenvalue weighted by Crippen LogP contribution is 2.38. The van der Waals surface area contributed by atoms with Crippen LogP contribution in [-0.2, 0) is 6.42 Å². The van der Waals surface area contributed by atoms with Gasteiger partial charge in [0.05, 0.1) is 30.4 Å². The Bertz CT molecular complexity index is 1300. The molecule has 0 spiro atoms. The number of piperidine rings is 1. The van der Waals surface area contributed by atoms with Crippen LogP contribution in [0.1, 0.15) is 65.8 Å². The number of nitriles is 1. The molecule has 0 radical (unpaired) electrons. The van der Waals surface area contributed by atoms with Crippen LogP contribution in [0.2, 0.25) is 5.15 Å². The summed E-state index contributed by atoms with van der Waals surface area (Å²) in [5, 5.41) is 31.9. The second kappa shape index (κ2) is 12.9. The van der Waals surface area contributed by atoms with Crippen molar-refractivity contribution in [3.63, 3.8) is 0 Å². The Balaban J connectivity index is 1.23. The van der Waals surface area contributed by atoms with Crippen LogP contribution in [0.5, 0.6) is 0 Å². The van der Waals surface area contributed by atoms with Gasteiger partial charge in [0.1, 0.15) is 0 Å². The van der Waals surface area contributed by atoms with Crippen LogP contribution in [0, 0.1) is 11.3 Å². The summed E-state index contributed by atoms with van der Waals surface area (Å²) in [6.07, 6.45) is 4.14. The normalized spacial score (nSPS) is 24.1. The molecular weight excluding hydrogens is 544 g/mol. The number of nitrogens with two attached hydrogens (primary N) is 1. The highest BCUT2D eigenvalue weighted by Gasteiger charge is 2.38. The number of aliphatic hydroxyl groups is 2. The second-order valence-corrected chi connectivity index (χ2v) is 11.5. The van der Waals surface area contributed by atoms with Crippen LogP contribution in [0.15, 0.2) is 18.2 Å². The van der Waals surface area contributed by atoms with Crippen molar-refractivity contribution < 1.29 is 15.0 Å². The third kappa shape index (κ3) is 6.12. The highest BCUT2D eigenvalue weighted by atomic mass is 35.5. The van der Waals surface area contributed by atoms with Gasteiger partial charge in [-0.05, 0) is 55.4 Å². The molecule has 1 aromatic carbocycles. The van der Waals surface area contributed by atoms with Crippen molar-refractivity contribution >= 4 is 29.1 Å². The number of likely N-dealkylation sites (tertiary alicyclic amines) is 1. The van der Waals surface area contributed by atoms with Crippen LogP contribution < -0.4 is 16.0 Å². The number of fused-ring (bicyclic) bond motifs is 1. The third-order valence-electron chi connectivity index (χ3n) is 8.80. The average Bonchev–Trinajstić information content (AvgIpc) is 3.00. The number of carbonyl (C=O) groups excluding carboxylic acids is 1. The molecule has 2 aromatic rings. The molecule has 12 heteroatoms. The minimum atomic E-state index is -0.517. The molecular formula is C29H39ClN8O3. The fourth-order valence-electron chi connectivity index (χ4n) is 6.73. The lowest BCUT2D eigenvalue weighted by atomic mass is 9.83. The Morgan fingerprint density at radius 1 is 1.22 bits per heavy atom. The summed E-state index contributed by atoms with van der Waals surface area (Å²) in [4.78, 5) is 28.1. The smallest absolute Gasteiger partial charge is 0.273 e. The zero-order chi connectivity index (χ0) is 29.1. The van der Waals surface area contributed by atoms with Gasteiger partial charge in [-0.3, -0.25) is 14.6 Å². The van der Waals surface area contributed by atoms with Gasteiger partial charge in [0.2, 0.25) is 0 Å². The SMILES string of the molecule is CC[C@H]1CN(c2nc(N)c(C(=O)NCCO)nc2Cl)CCN1C1CCN(C2c3ccc(C#N)cc3CCC2O)CC1. The lowest BCUT2D eigenvalue weighted by Crippen LogP contribution is -2.59. The molecule has 3 aliphatic rings. The number of rotatable bonds is 7. The summed E-state index contributed by atoms with van der Waals surface area (Å²) >= 11 is 6.49. The van der Waals surface area contributed by atoms with Crippen LogP contribution in [0.4, 0.5) is 11.6 Å². The molecule has 1 aliphatic carbocycles. The zero-order valence-corrected chi connectivity index (χ0v) is 24.2. The molecule has 2 fully saturated rings. The molecule has 0 bridgehead atoms. The van der Waals surface area contributed by atoms with E-state index < -0.39 is 12.0 Å². The minimum Gasteiger partial charge on any atom is -0.395 e. The molecule has 2 aliphatic heterocycles. The lowest BCUT2D eigenvalue weighted by Gasteiger charge is -2.49. The van der Waals surface area contributed by atoms with E-state index in [-0.39, 0.29) is 35.9 Å². The predicted molar refractivity (Wildman–Crippen MR) is 157 cm³/mol. The van der Waals surface area contributed by atoms with Crippen LogP contribution in [0.3, 0.4) is 0 Å². The Kier molecular flexibility index (Phi) is 9.26. The number of anilines is 2. The summed E-state index contributed by atoms with van der Waals surface area (Å²) in [5.41, 5.74) is 9.06. The van der Waals surface area contributed by atoms with E-state index in [2.05, 4.69) is 43.0 Å². The van der Waals surface area contributed by atoms with Crippen molar-refractivity contribution in [3.8, 4) is 6.07 Å². The number of aliphatic hydroxyl groups excluding tert-OH is 2. The monoisotopic (exact) mass is 582 g/mol. The van der Waals surface area contributed by atoms with E-state index in [1.807, 2.05) is 18.2 Å². The number of benzene rings is 1. The molecule has 2 unspecified atom stereocenters. The van der Waals surface area contributed by atoms with Crippen LogP contribution in [0.25, 0.3) is 0 Å². The number of halogens is 1. The Hall–Kier alpha value is -3.01. The molecule has 3 heterocycles. The first-order chi connectivity index (χ1) is 19.8. The minimum absolute atomic E-state index is 0.0120. The van der Waals surface area contributed by atoms with E-state index in [1.165, 1.54) is 5.56 Å². The molecule has 1 amide bonds. The van der Waals surface area contributed by atoms with Crippen molar-refractivity contribution in [3.05, 3.63) is 45.7 Å². The van der Waals surface area contributed by atoms with Gasteiger partial charge in [0, 0.05) is 51.4 Å². The Morgan fingerprint density at radius 3 is 2.71 bits per heavy atom. The lowest BCUT2D eigenvalue weighted by molar-refractivity contribution is -0.00102. The molecule has 2 saturated heterocycles. The number of nitrogens with zero attached hydrogens (tertiary/aromatic N) is 6. The third-order valence-corrected chi connectivity index (χ3v) is 9.05. The van der Waals surface area contributed by atoms with Crippen molar-refractivity contribution in [2.75, 3.05) is 56.5 Å². The van der Waals surface area contributed by atoms with Crippen molar-refractivity contribution in [1.29, 1.82) is 5.26 Å². The number of aryl methyl sites for hydroxylation is 1. The number of piperazine rings is 1. The van der Waals surface area contributed by atoms with Gasteiger partial charge in [-0.2, -0.15) is 5.26 Å². The van der Waals surface area contributed by atoms with E-state index in [0.29, 0.717) is 23.5 Å². The van der Waals surface area contributed by atoms with Crippen molar-refractivity contribution in [2.45, 2.75) is 63.3 Å². The standard InChI is InChI=1S/C29H39ClN8O3/c1-2-20-17-37(28-26(30)34-24(27(32)35-28)29(41)33-9-14-39)12-13-38(20)21-7-10-36(11-8-21)25-22-5-3-18(16-31)15-19(22)4-6-23(25)40/h3,5,15,20-21,23,25,39-40H,2,4,6-14,17H2,1H3,(H2,32,35)(H,33,41)/t20-,23?,25?/m0/s1. The Labute approximate surface area is 245 Å². The number of aromatic nitrogens is 2. The molecule has 5 N–H and O–H groups in total. The topological polar surface area (TPSA) is 155 Å². The number of amides is 1. The second-order valence-electron chi connectivity index (χ2n) is 11.1. The number of carbonyl (C=O) groups is 1. The van der Waals surface area contributed by atoms with E-state index in [1.54, 1.807) is 0 Å².